The number of nitrogens with one attached hydrogen (secondary N) is 1. The minimum absolute atomic E-state index is 0.165. The van der Waals surface area contributed by atoms with Crippen LogP contribution >= 0.6 is 0 Å². The van der Waals surface area contributed by atoms with Gasteiger partial charge in [-0.15, -0.1) is 0 Å². The molecule has 1 N–H and O–H groups in total. The highest BCUT2D eigenvalue weighted by Crippen LogP contribution is 2.27. The molecule has 3 aromatic rings. The van der Waals surface area contributed by atoms with Crippen molar-refractivity contribution in [2.45, 2.75) is 6.61 Å². The highest BCUT2D eigenvalue weighted by Gasteiger charge is 2.15. The van der Waals surface area contributed by atoms with Gasteiger partial charge in [-0.25, -0.2) is 9.59 Å². The molecule has 0 aliphatic heterocycles. The Morgan fingerprint density at radius 2 is 1.56 bits per heavy atom. The molecule has 136 valence electrons. The summed E-state index contributed by atoms with van der Waals surface area (Å²) in [6, 6.07) is 24.0. The SMILES string of the molecule is COC(=O)c1cc(NC(=O)OCc2ccccc2)ccc1-c1ccccc1. The lowest BCUT2D eigenvalue weighted by Gasteiger charge is -2.12. The van der Waals surface area contributed by atoms with Gasteiger partial charge in [-0.1, -0.05) is 66.7 Å². The van der Waals surface area contributed by atoms with Gasteiger partial charge in [0.2, 0.25) is 0 Å². The second-order valence-electron chi connectivity index (χ2n) is 5.80. The van der Waals surface area contributed by atoms with Crippen molar-refractivity contribution < 1.29 is 19.1 Å². The molecule has 27 heavy (non-hydrogen) atoms. The predicted octanol–water partition coefficient (Wildman–Crippen LogP) is 4.89. The summed E-state index contributed by atoms with van der Waals surface area (Å²) in [5, 5.41) is 2.64. The summed E-state index contributed by atoms with van der Waals surface area (Å²) in [6.45, 7) is 0.165. The Hall–Kier alpha value is -3.60. The normalized spacial score (nSPS) is 10.1. The molecule has 1 amide bonds. The molecule has 0 aliphatic carbocycles. The summed E-state index contributed by atoms with van der Waals surface area (Å²) >= 11 is 0. The zero-order chi connectivity index (χ0) is 19.1. The van der Waals surface area contributed by atoms with E-state index in [0.717, 1.165) is 16.7 Å². The van der Waals surface area contributed by atoms with E-state index in [1.54, 1.807) is 18.2 Å². The van der Waals surface area contributed by atoms with Crippen LogP contribution in [-0.2, 0) is 16.1 Å². The van der Waals surface area contributed by atoms with Crippen molar-refractivity contribution in [2.75, 3.05) is 12.4 Å². The first-order valence-corrected chi connectivity index (χ1v) is 8.43. The molecule has 5 nitrogen and oxygen atoms in total. The molecule has 0 radical (unpaired) electrons. The number of carbonyl (C=O) groups is 2. The molecule has 3 rings (SSSR count). The number of esters is 1. The number of carbonyl (C=O) groups excluding carboxylic acids is 2. The van der Waals surface area contributed by atoms with Crippen molar-refractivity contribution in [3.63, 3.8) is 0 Å². The summed E-state index contributed by atoms with van der Waals surface area (Å²) in [5.41, 5.74) is 3.32. The lowest BCUT2D eigenvalue weighted by molar-refractivity contribution is 0.0601. The lowest BCUT2D eigenvalue weighted by Crippen LogP contribution is -2.14. The maximum atomic E-state index is 12.2. The van der Waals surface area contributed by atoms with E-state index in [0.29, 0.717) is 11.3 Å². The number of rotatable bonds is 5. The fraction of sp³-hybridized carbons (Fsp3) is 0.0909. The van der Waals surface area contributed by atoms with Crippen LogP contribution in [0.1, 0.15) is 15.9 Å². The Bertz CT molecular complexity index is 924. The molecular weight excluding hydrogens is 342 g/mol. The minimum Gasteiger partial charge on any atom is -0.465 e. The van der Waals surface area contributed by atoms with Crippen LogP contribution in [0.25, 0.3) is 11.1 Å². The first kappa shape index (κ1) is 18.2. The summed E-state index contributed by atoms with van der Waals surface area (Å²) in [5.74, 6) is -0.477. The van der Waals surface area contributed by atoms with Crippen LogP contribution in [0, 0.1) is 0 Å². The molecule has 0 unspecified atom stereocenters. The van der Waals surface area contributed by atoms with Crippen LogP contribution in [-0.4, -0.2) is 19.2 Å². The predicted molar refractivity (Wildman–Crippen MR) is 103 cm³/mol. The molecule has 0 fully saturated rings. The van der Waals surface area contributed by atoms with Gasteiger partial charge in [0, 0.05) is 5.69 Å². The Labute approximate surface area is 157 Å². The van der Waals surface area contributed by atoms with Crippen LogP contribution in [0.3, 0.4) is 0 Å². The third-order valence-corrected chi connectivity index (χ3v) is 3.97. The number of ether oxygens (including phenoxy) is 2. The second-order valence-corrected chi connectivity index (χ2v) is 5.80. The smallest absolute Gasteiger partial charge is 0.411 e. The third-order valence-electron chi connectivity index (χ3n) is 3.97. The summed E-state index contributed by atoms with van der Waals surface area (Å²) in [7, 11) is 1.32. The number of hydrogen-bond acceptors (Lipinski definition) is 4. The van der Waals surface area contributed by atoms with Crippen molar-refractivity contribution in [1.29, 1.82) is 0 Å². The molecule has 0 saturated carbocycles. The highest BCUT2D eigenvalue weighted by molar-refractivity contribution is 5.99. The monoisotopic (exact) mass is 361 g/mol. The highest BCUT2D eigenvalue weighted by atomic mass is 16.5. The molecule has 0 atom stereocenters. The van der Waals surface area contributed by atoms with Gasteiger partial charge in [-0.05, 0) is 28.8 Å². The average molecular weight is 361 g/mol. The van der Waals surface area contributed by atoms with Crippen molar-refractivity contribution in [2.24, 2.45) is 0 Å². The van der Waals surface area contributed by atoms with Gasteiger partial charge in [-0.2, -0.15) is 0 Å². The number of anilines is 1. The zero-order valence-corrected chi connectivity index (χ0v) is 14.8. The molecule has 3 aromatic carbocycles. The summed E-state index contributed by atoms with van der Waals surface area (Å²) in [4.78, 5) is 24.2. The Balaban J connectivity index is 1.76. The third kappa shape index (κ3) is 4.73. The van der Waals surface area contributed by atoms with Crippen molar-refractivity contribution in [1.82, 2.24) is 0 Å². The molecule has 0 spiro atoms. The Morgan fingerprint density at radius 3 is 2.22 bits per heavy atom. The maximum absolute atomic E-state index is 12.2. The average Bonchev–Trinajstić information content (AvgIpc) is 2.73. The van der Waals surface area contributed by atoms with E-state index >= 15 is 0 Å². The second kappa shape index (κ2) is 8.67. The Kier molecular flexibility index (Phi) is 5.84. The maximum Gasteiger partial charge on any atom is 0.411 e. The first-order chi connectivity index (χ1) is 13.2. The van der Waals surface area contributed by atoms with Crippen LogP contribution < -0.4 is 5.32 Å². The van der Waals surface area contributed by atoms with Gasteiger partial charge < -0.3 is 9.47 Å². The van der Waals surface area contributed by atoms with E-state index in [2.05, 4.69) is 5.32 Å². The fourth-order valence-corrected chi connectivity index (χ4v) is 2.65. The summed E-state index contributed by atoms with van der Waals surface area (Å²) in [6.07, 6.45) is -0.595. The number of amides is 1. The van der Waals surface area contributed by atoms with Crippen LogP contribution in [0.5, 0.6) is 0 Å². The molecule has 0 bridgehead atoms. The summed E-state index contributed by atoms with van der Waals surface area (Å²) < 4.78 is 10.1. The molecule has 0 saturated heterocycles. The fourth-order valence-electron chi connectivity index (χ4n) is 2.65. The first-order valence-electron chi connectivity index (χ1n) is 8.43. The van der Waals surface area contributed by atoms with Crippen molar-refractivity contribution in [3.05, 3.63) is 90.0 Å². The quantitative estimate of drug-likeness (QED) is 0.657. The van der Waals surface area contributed by atoms with Crippen LogP contribution in [0.4, 0.5) is 10.5 Å². The van der Waals surface area contributed by atoms with E-state index < -0.39 is 12.1 Å². The van der Waals surface area contributed by atoms with E-state index in [9.17, 15) is 9.59 Å². The van der Waals surface area contributed by atoms with E-state index in [-0.39, 0.29) is 6.61 Å². The number of benzene rings is 3. The van der Waals surface area contributed by atoms with Gasteiger partial charge in [0.1, 0.15) is 6.61 Å². The van der Waals surface area contributed by atoms with Crippen LogP contribution in [0.15, 0.2) is 78.9 Å². The van der Waals surface area contributed by atoms with E-state index in [4.69, 9.17) is 9.47 Å². The largest absolute Gasteiger partial charge is 0.465 e. The Morgan fingerprint density at radius 1 is 0.889 bits per heavy atom. The van der Waals surface area contributed by atoms with Gasteiger partial charge in [0.25, 0.3) is 0 Å². The number of hydrogen-bond donors (Lipinski definition) is 1. The van der Waals surface area contributed by atoms with Crippen molar-refractivity contribution >= 4 is 17.7 Å². The van der Waals surface area contributed by atoms with Gasteiger partial charge in [-0.3, -0.25) is 5.32 Å². The standard InChI is InChI=1S/C22H19NO4/c1-26-21(24)20-14-18(12-13-19(20)17-10-6-3-7-11-17)23-22(25)27-15-16-8-4-2-5-9-16/h2-14H,15H2,1H3,(H,23,25). The zero-order valence-electron chi connectivity index (χ0n) is 14.8. The number of methoxy groups -OCH3 is 1. The van der Waals surface area contributed by atoms with E-state index in [1.165, 1.54) is 7.11 Å². The molecule has 0 aliphatic rings. The molecule has 5 heteroatoms. The minimum atomic E-state index is -0.595. The van der Waals surface area contributed by atoms with Gasteiger partial charge >= 0.3 is 12.1 Å². The topological polar surface area (TPSA) is 64.6 Å². The lowest BCUT2D eigenvalue weighted by atomic mass is 9.99. The molecule has 0 aromatic heterocycles. The van der Waals surface area contributed by atoms with Gasteiger partial charge in [0.05, 0.1) is 12.7 Å². The molecule has 0 heterocycles. The molecular formula is C22H19NO4. The van der Waals surface area contributed by atoms with Crippen molar-refractivity contribution in [3.8, 4) is 11.1 Å². The van der Waals surface area contributed by atoms with Crippen LogP contribution in [0.2, 0.25) is 0 Å². The van der Waals surface area contributed by atoms with Gasteiger partial charge in [0.15, 0.2) is 0 Å². The van der Waals surface area contributed by atoms with E-state index in [1.807, 2.05) is 60.7 Å².